The molecule has 0 spiro atoms. The molecule has 0 aromatic carbocycles. The summed E-state index contributed by atoms with van der Waals surface area (Å²) in [6.07, 6.45) is 8.66. The van der Waals surface area contributed by atoms with Gasteiger partial charge in [-0.1, -0.05) is 19.8 Å². The smallest absolute Gasteiger partial charge is 0.360 e. The Labute approximate surface area is 90.5 Å². The Morgan fingerprint density at radius 2 is 2.27 bits per heavy atom. The van der Waals surface area contributed by atoms with Crippen molar-refractivity contribution in [3.8, 4) is 6.01 Å². The molecule has 0 amide bonds. The van der Waals surface area contributed by atoms with Crippen LogP contribution in [0.25, 0.3) is 0 Å². The Bertz CT molecular complexity index is 308. The zero-order chi connectivity index (χ0) is 11.1. The number of hydrogen-bond donors (Lipinski definition) is 0. The van der Waals surface area contributed by atoms with Crippen molar-refractivity contribution in [2.75, 3.05) is 0 Å². The van der Waals surface area contributed by atoms with Gasteiger partial charge in [0.2, 0.25) is 0 Å². The van der Waals surface area contributed by atoms with Crippen molar-refractivity contribution in [3.05, 3.63) is 12.4 Å². The lowest BCUT2D eigenvalue weighted by Crippen LogP contribution is -2.28. The van der Waals surface area contributed by atoms with Crippen molar-refractivity contribution in [3.63, 3.8) is 0 Å². The Morgan fingerprint density at radius 1 is 1.47 bits per heavy atom. The molecule has 1 aromatic heterocycles. The number of aryl methyl sites for hydroxylation is 2. The van der Waals surface area contributed by atoms with Gasteiger partial charge >= 0.3 is 12.5 Å². The van der Waals surface area contributed by atoms with Crippen LogP contribution in [0.3, 0.4) is 0 Å². The minimum atomic E-state index is 0.470. The van der Waals surface area contributed by atoms with E-state index in [0.29, 0.717) is 12.5 Å². The van der Waals surface area contributed by atoms with Crippen LogP contribution in [0.5, 0.6) is 6.01 Å². The normalized spacial score (nSPS) is 10.3. The maximum atomic E-state index is 10.3. The van der Waals surface area contributed by atoms with Gasteiger partial charge in [-0.3, -0.25) is 4.79 Å². The predicted octanol–water partition coefficient (Wildman–Crippen LogP) is 1.43. The van der Waals surface area contributed by atoms with Crippen LogP contribution in [-0.4, -0.2) is 11.0 Å². The van der Waals surface area contributed by atoms with Crippen molar-refractivity contribution in [1.29, 1.82) is 0 Å². The topological polar surface area (TPSA) is 35.1 Å². The van der Waals surface area contributed by atoms with Gasteiger partial charge in [-0.05, 0) is 12.8 Å². The molecule has 4 nitrogen and oxygen atoms in total. The molecule has 0 bridgehead atoms. The van der Waals surface area contributed by atoms with Gasteiger partial charge in [0.25, 0.3) is 0 Å². The number of ether oxygens (including phenoxy) is 1. The molecule has 1 heterocycles. The molecule has 0 aliphatic carbocycles. The molecule has 15 heavy (non-hydrogen) atoms. The first kappa shape index (κ1) is 11.8. The minimum Gasteiger partial charge on any atom is -0.360 e. The maximum Gasteiger partial charge on any atom is 0.463 e. The van der Waals surface area contributed by atoms with E-state index in [1.807, 2.05) is 24.0 Å². The molecule has 0 atom stereocenters. The fourth-order valence-electron chi connectivity index (χ4n) is 1.58. The van der Waals surface area contributed by atoms with Gasteiger partial charge in [0.15, 0.2) is 0 Å². The van der Waals surface area contributed by atoms with Crippen LogP contribution in [-0.2, 0) is 18.4 Å². The molecule has 0 radical (unpaired) electrons. The van der Waals surface area contributed by atoms with Gasteiger partial charge in [0.1, 0.15) is 12.4 Å². The second-order valence-electron chi connectivity index (χ2n) is 3.66. The van der Waals surface area contributed by atoms with Crippen LogP contribution in [0.1, 0.15) is 32.6 Å². The van der Waals surface area contributed by atoms with E-state index in [1.165, 1.54) is 19.3 Å². The van der Waals surface area contributed by atoms with Crippen molar-refractivity contribution >= 4 is 6.47 Å². The number of imidazole rings is 1. The van der Waals surface area contributed by atoms with Crippen LogP contribution in [0.15, 0.2) is 12.4 Å². The standard InChI is InChI=1S/C11H19N2O2/c1-3-4-5-6-7-13-9-8-12(2)11(13)15-10-14/h8-10H,3-7H2,1-2H3/q+1. The van der Waals surface area contributed by atoms with Crippen LogP contribution in [0, 0.1) is 0 Å². The van der Waals surface area contributed by atoms with Crippen LogP contribution >= 0.6 is 0 Å². The zero-order valence-electron chi connectivity index (χ0n) is 9.48. The first-order valence-corrected chi connectivity index (χ1v) is 5.44. The third kappa shape index (κ3) is 3.38. The number of carbonyl (C=O) groups is 1. The summed E-state index contributed by atoms with van der Waals surface area (Å²) in [5.74, 6) is 0. The lowest BCUT2D eigenvalue weighted by atomic mass is 10.2. The highest BCUT2D eigenvalue weighted by molar-refractivity contribution is 5.40. The molecule has 0 unspecified atom stereocenters. The van der Waals surface area contributed by atoms with E-state index in [4.69, 9.17) is 4.74 Å². The van der Waals surface area contributed by atoms with Crippen molar-refractivity contribution in [2.45, 2.75) is 39.2 Å². The largest absolute Gasteiger partial charge is 0.463 e. The molecule has 0 fully saturated rings. The van der Waals surface area contributed by atoms with E-state index in [-0.39, 0.29) is 0 Å². The van der Waals surface area contributed by atoms with E-state index in [9.17, 15) is 4.79 Å². The number of unbranched alkanes of at least 4 members (excludes halogenated alkanes) is 3. The molecular formula is C11H19N2O2+. The summed E-state index contributed by atoms with van der Waals surface area (Å²) in [5, 5.41) is 0. The fraction of sp³-hybridized carbons (Fsp3) is 0.636. The third-order valence-corrected chi connectivity index (χ3v) is 2.42. The van der Waals surface area contributed by atoms with Gasteiger partial charge < -0.3 is 4.74 Å². The molecule has 0 aliphatic heterocycles. The van der Waals surface area contributed by atoms with E-state index in [0.717, 1.165) is 13.0 Å². The number of hydrogen-bond acceptors (Lipinski definition) is 2. The number of carbonyl (C=O) groups excluding carboxylic acids is 1. The molecule has 1 rings (SSSR count). The Morgan fingerprint density at radius 3 is 2.93 bits per heavy atom. The molecule has 1 aromatic rings. The summed E-state index contributed by atoms with van der Waals surface area (Å²) >= 11 is 0. The Hall–Kier alpha value is -1.32. The molecule has 0 saturated heterocycles. The van der Waals surface area contributed by atoms with E-state index in [1.54, 1.807) is 4.57 Å². The highest BCUT2D eigenvalue weighted by atomic mass is 16.5. The average molecular weight is 211 g/mol. The first-order chi connectivity index (χ1) is 7.29. The predicted molar refractivity (Wildman–Crippen MR) is 56.4 cm³/mol. The average Bonchev–Trinajstić information content (AvgIpc) is 2.57. The lowest BCUT2D eigenvalue weighted by molar-refractivity contribution is -0.674. The SMILES string of the molecule is CCCCCCn1cc[n+](C)c1OC=O. The molecule has 84 valence electrons. The summed E-state index contributed by atoms with van der Waals surface area (Å²) in [5.41, 5.74) is 0. The molecule has 0 saturated carbocycles. The van der Waals surface area contributed by atoms with E-state index in [2.05, 4.69) is 6.92 Å². The highest BCUT2D eigenvalue weighted by Gasteiger charge is 2.15. The Balaban J connectivity index is 2.48. The Kier molecular flexibility index (Phi) is 4.87. The number of rotatable bonds is 7. The lowest BCUT2D eigenvalue weighted by Gasteiger charge is -1.99. The van der Waals surface area contributed by atoms with Gasteiger partial charge in [-0.2, -0.15) is 9.13 Å². The summed E-state index contributed by atoms with van der Waals surface area (Å²) < 4.78 is 8.67. The van der Waals surface area contributed by atoms with Gasteiger partial charge in [-0.15, -0.1) is 0 Å². The highest BCUT2D eigenvalue weighted by Crippen LogP contribution is 2.07. The maximum absolute atomic E-state index is 10.3. The fourth-order valence-corrected chi connectivity index (χ4v) is 1.58. The van der Waals surface area contributed by atoms with Gasteiger partial charge in [0.05, 0.1) is 13.6 Å². The van der Waals surface area contributed by atoms with Crippen LogP contribution in [0.4, 0.5) is 0 Å². The second kappa shape index (κ2) is 6.22. The van der Waals surface area contributed by atoms with E-state index >= 15 is 0 Å². The first-order valence-electron chi connectivity index (χ1n) is 5.44. The van der Waals surface area contributed by atoms with E-state index < -0.39 is 0 Å². The molecular weight excluding hydrogens is 192 g/mol. The van der Waals surface area contributed by atoms with Gasteiger partial charge in [0, 0.05) is 0 Å². The van der Waals surface area contributed by atoms with Crippen LogP contribution < -0.4 is 9.30 Å². The molecule has 0 N–H and O–H groups in total. The third-order valence-electron chi connectivity index (χ3n) is 2.42. The number of nitrogens with zero attached hydrogens (tertiary/aromatic N) is 2. The summed E-state index contributed by atoms with van der Waals surface area (Å²) in [4.78, 5) is 10.3. The van der Waals surface area contributed by atoms with Crippen molar-refractivity contribution < 1.29 is 14.1 Å². The summed E-state index contributed by atoms with van der Waals surface area (Å²) in [6, 6.07) is 0.599. The van der Waals surface area contributed by atoms with Crippen LogP contribution in [0.2, 0.25) is 0 Å². The zero-order valence-corrected chi connectivity index (χ0v) is 9.48. The second-order valence-corrected chi connectivity index (χ2v) is 3.66. The molecule has 4 heteroatoms. The van der Waals surface area contributed by atoms with Crippen molar-refractivity contribution in [2.24, 2.45) is 7.05 Å². The van der Waals surface area contributed by atoms with Crippen molar-refractivity contribution in [1.82, 2.24) is 4.57 Å². The minimum absolute atomic E-state index is 0.470. The quantitative estimate of drug-likeness (QED) is 0.388. The summed E-state index contributed by atoms with van der Waals surface area (Å²) in [7, 11) is 1.86. The number of aromatic nitrogens is 2. The monoisotopic (exact) mass is 211 g/mol. The summed E-state index contributed by atoms with van der Waals surface area (Å²) in [6.45, 7) is 3.57. The molecule has 0 aliphatic rings. The van der Waals surface area contributed by atoms with Gasteiger partial charge in [-0.25, -0.2) is 0 Å².